The van der Waals surface area contributed by atoms with Crippen LogP contribution in [0.15, 0.2) is 6.20 Å². The largest absolute Gasteiger partial charge is 0.396 e. The van der Waals surface area contributed by atoms with Crippen molar-refractivity contribution in [1.29, 1.82) is 0 Å². The first-order valence-corrected chi connectivity index (χ1v) is 5.84. The highest BCUT2D eigenvalue weighted by Gasteiger charge is 2.27. The minimum absolute atomic E-state index is 0.0372. The Hall–Kier alpha value is -0.990. The first-order valence-electron chi connectivity index (χ1n) is 5.84. The minimum atomic E-state index is 0.0372. The average Bonchev–Trinajstić information content (AvgIpc) is 2.69. The molecule has 1 aliphatic rings. The van der Waals surface area contributed by atoms with Gasteiger partial charge in [0.25, 0.3) is 0 Å². The summed E-state index contributed by atoms with van der Waals surface area (Å²) in [6.45, 7) is 6.54. The number of nitrogens with zero attached hydrogens (tertiary/aromatic N) is 2. The third-order valence-electron chi connectivity index (χ3n) is 3.21. The number of nitrogen functional groups attached to an aromatic ring is 1. The molecule has 0 amide bonds. The molecule has 0 spiro atoms. The van der Waals surface area contributed by atoms with E-state index in [0.29, 0.717) is 5.92 Å². The zero-order valence-corrected chi connectivity index (χ0v) is 9.95. The second-order valence-electron chi connectivity index (χ2n) is 5.55. The van der Waals surface area contributed by atoms with Crippen LogP contribution in [0.25, 0.3) is 0 Å². The van der Waals surface area contributed by atoms with Gasteiger partial charge in [0.15, 0.2) is 0 Å². The molecule has 3 heteroatoms. The lowest BCUT2D eigenvalue weighted by Gasteiger charge is -2.25. The van der Waals surface area contributed by atoms with Crippen LogP contribution in [0.5, 0.6) is 0 Å². The fourth-order valence-corrected chi connectivity index (χ4v) is 2.51. The number of hydrogen-bond donors (Lipinski definition) is 1. The highest BCUT2D eigenvalue weighted by Crippen LogP contribution is 2.38. The molecule has 1 saturated carbocycles. The first-order chi connectivity index (χ1) is 7.00. The molecular formula is C12H21N3. The molecule has 15 heavy (non-hydrogen) atoms. The quantitative estimate of drug-likeness (QED) is 0.769. The zero-order valence-electron chi connectivity index (χ0n) is 9.95. The van der Waals surface area contributed by atoms with Gasteiger partial charge in [-0.2, -0.15) is 5.10 Å². The predicted molar refractivity (Wildman–Crippen MR) is 62.8 cm³/mol. The Morgan fingerprint density at radius 2 is 1.93 bits per heavy atom. The van der Waals surface area contributed by atoms with Crippen LogP contribution in [-0.4, -0.2) is 9.78 Å². The van der Waals surface area contributed by atoms with Crippen LogP contribution in [0, 0.1) is 0 Å². The van der Waals surface area contributed by atoms with Crippen molar-refractivity contribution in [2.45, 2.75) is 57.9 Å². The molecule has 1 fully saturated rings. The number of rotatable bonds is 1. The normalized spacial score (nSPS) is 18.6. The van der Waals surface area contributed by atoms with Gasteiger partial charge < -0.3 is 5.73 Å². The Morgan fingerprint density at radius 3 is 2.47 bits per heavy atom. The fraction of sp³-hybridized carbons (Fsp3) is 0.750. The Balaban J connectivity index is 2.39. The number of hydrogen-bond acceptors (Lipinski definition) is 2. The minimum Gasteiger partial charge on any atom is -0.396 e. The van der Waals surface area contributed by atoms with E-state index in [9.17, 15) is 0 Å². The summed E-state index contributed by atoms with van der Waals surface area (Å²) in [7, 11) is 0. The van der Waals surface area contributed by atoms with E-state index in [0.717, 1.165) is 5.69 Å². The average molecular weight is 207 g/mol. The van der Waals surface area contributed by atoms with E-state index >= 15 is 0 Å². The third kappa shape index (κ3) is 1.87. The van der Waals surface area contributed by atoms with E-state index in [2.05, 4.69) is 30.6 Å². The van der Waals surface area contributed by atoms with E-state index in [1.807, 2.05) is 0 Å². The van der Waals surface area contributed by atoms with E-state index < -0.39 is 0 Å². The standard InChI is InChI=1S/C12H21N3/c1-12(2,3)15-11(10(13)8-14-15)9-6-4-5-7-9/h8-9H,4-7,13H2,1-3H3. The maximum atomic E-state index is 6.03. The molecule has 1 aliphatic carbocycles. The topological polar surface area (TPSA) is 43.8 Å². The van der Waals surface area contributed by atoms with Crippen molar-refractivity contribution in [2.75, 3.05) is 5.73 Å². The maximum Gasteiger partial charge on any atom is 0.0736 e. The summed E-state index contributed by atoms with van der Waals surface area (Å²) < 4.78 is 2.11. The maximum absolute atomic E-state index is 6.03. The second kappa shape index (κ2) is 3.54. The summed E-state index contributed by atoms with van der Waals surface area (Å²) in [6, 6.07) is 0. The van der Waals surface area contributed by atoms with Gasteiger partial charge in [0, 0.05) is 5.92 Å². The number of aromatic nitrogens is 2. The Bertz CT molecular complexity index is 340. The molecule has 0 bridgehead atoms. The Morgan fingerprint density at radius 1 is 1.33 bits per heavy atom. The molecule has 0 aromatic carbocycles. The van der Waals surface area contributed by atoms with Crippen LogP contribution in [-0.2, 0) is 5.54 Å². The molecule has 0 saturated heterocycles. The summed E-state index contributed by atoms with van der Waals surface area (Å²) in [5.41, 5.74) is 8.21. The molecule has 1 aromatic rings. The van der Waals surface area contributed by atoms with Gasteiger partial charge in [-0.1, -0.05) is 12.8 Å². The van der Waals surface area contributed by atoms with Crippen LogP contribution in [0.1, 0.15) is 58.1 Å². The summed E-state index contributed by atoms with van der Waals surface area (Å²) in [5.74, 6) is 0.631. The van der Waals surface area contributed by atoms with Crippen molar-refractivity contribution >= 4 is 5.69 Å². The van der Waals surface area contributed by atoms with Gasteiger partial charge in [0.1, 0.15) is 0 Å². The van der Waals surface area contributed by atoms with Crippen LogP contribution >= 0.6 is 0 Å². The first kappa shape index (κ1) is 10.5. The molecule has 2 N–H and O–H groups in total. The zero-order chi connectivity index (χ0) is 11.1. The van der Waals surface area contributed by atoms with Gasteiger partial charge in [-0.25, -0.2) is 0 Å². The van der Waals surface area contributed by atoms with Gasteiger partial charge in [-0.3, -0.25) is 4.68 Å². The predicted octanol–water partition coefficient (Wildman–Crippen LogP) is 2.88. The molecule has 0 aliphatic heterocycles. The summed E-state index contributed by atoms with van der Waals surface area (Å²) in [6.07, 6.45) is 7.01. The molecule has 1 heterocycles. The molecule has 1 aromatic heterocycles. The molecule has 3 nitrogen and oxygen atoms in total. The van der Waals surface area contributed by atoms with Gasteiger partial charge in [-0.15, -0.1) is 0 Å². The highest BCUT2D eigenvalue weighted by atomic mass is 15.3. The van der Waals surface area contributed by atoms with Gasteiger partial charge >= 0.3 is 0 Å². The van der Waals surface area contributed by atoms with Crippen molar-refractivity contribution < 1.29 is 0 Å². The summed E-state index contributed by atoms with van der Waals surface area (Å²) in [4.78, 5) is 0. The van der Waals surface area contributed by atoms with Crippen molar-refractivity contribution in [3.05, 3.63) is 11.9 Å². The van der Waals surface area contributed by atoms with Crippen LogP contribution in [0.4, 0.5) is 5.69 Å². The summed E-state index contributed by atoms with van der Waals surface area (Å²) >= 11 is 0. The smallest absolute Gasteiger partial charge is 0.0736 e. The SMILES string of the molecule is CC(C)(C)n1ncc(N)c1C1CCCC1. The van der Waals surface area contributed by atoms with E-state index in [4.69, 9.17) is 5.73 Å². The van der Waals surface area contributed by atoms with Gasteiger partial charge in [-0.05, 0) is 33.6 Å². The lowest BCUT2D eigenvalue weighted by atomic mass is 10.0. The van der Waals surface area contributed by atoms with Crippen LogP contribution in [0.2, 0.25) is 0 Å². The van der Waals surface area contributed by atoms with Crippen molar-refractivity contribution in [3.8, 4) is 0 Å². The van der Waals surface area contributed by atoms with Crippen molar-refractivity contribution in [2.24, 2.45) is 0 Å². The second-order valence-corrected chi connectivity index (χ2v) is 5.55. The third-order valence-corrected chi connectivity index (χ3v) is 3.21. The molecule has 84 valence electrons. The molecular weight excluding hydrogens is 186 g/mol. The highest BCUT2D eigenvalue weighted by molar-refractivity contribution is 5.44. The van der Waals surface area contributed by atoms with Crippen LogP contribution in [0.3, 0.4) is 0 Å². The van der Waals surface area contributed by atoms with Gasteiger partial charge in [0.05, 0.1) is 23.1 Å². The van der Waals surface area contributed by atoms with E-state index in [1.54, 1.807) is 6.20 Å². The number of anilines is 1. The monoisotopic (exact) mass is 207 g/mol. The van der Waals surface area contributed by atoms with E-state index in [1.165, 1.54) is 31.4 Å². The van der Waals surface area contributed by atoms with E-state index in [-0.39, 0.29) is 5.54 Å². The molecule has 0 atom stereocenters. The Kier molecular flexibility index (Phi) is 2.49. The number of nitrogens with two attached hydrogens (primary N) is 1. The molecule has 0 radical (unpaired) electrons. The summed E-state index contributed by atoms with van der Waals surface area (Å²) in [5, 5.41) is 4.42. The van der Waals surface area contributed by atoms with Crippen LogP contribution < -0.4 is 5.73 Å². The molecule has 2 rings (SSSR count). The Labute approximate surface area is 91.7 Å². The van der Waals surface area contributed by atoms with Crippen molar-refractivity contribution in [1.82, 2.24) is 9.78 Å². The lowest BCUT2D eigenvalue weighted by molar-refractivity contribution is 0.335. The fourth-order valence-electron chi connectivity index (χ4n) is 2.51. The van der Waals surface area contributed by atoms with Gasteiger partial charge in [0.2, 0.25) is 0 Å². The molecule has 0 unspecified atom stereocenters. The lowest BCUT2D eigenvalue weighted by Crippen LogP contribution is -2.26. The van der Waals surface area contributed by atoms with Crippen molar-refractivity contribution in [3.63, 3.8) is 0 Å².